The third-order valence-electron chi connectivity index (χ3n) is 4.45. The lowest BCUT2D eigenvalue weighted by Gasteiger charge is -2.26. The molecule has 0 fully saturated rings. The van der Waals surface area contributed by atoms with Crippen LogP contribution in [-0.2, 0) is 13.7 Å². The molecule has 0 radical (unpaired) electrons. The number of benzene rings is 1. The minimum atomic E-state index is -0.267. The van der Waals surface area contributed by atoms with E-state index >= 15 is 0 Å². The lowest BCUT2D eigenvalue weighted by atomic mass is 10.1. The number of para-hydroxylation sites is 2. The molecule has 1 aliphatic heterocycles. The maximum atomic E-state index is 6.12. The average molecular weight is 391 g/mol. The predicted octanol–water partition coefficient (Wildman–Crippen LogP) is 4.04. The van der Waals surface area contributed by atoms with Crippen LogP contribution in [0.25, 0.3) is 0 Å². The number of nitrogens with zero attached hydrogens (tertiary/aromatic N) is 4. The predicted molar refractivity (Wildman–Crippen MR) is 109 cm³/mol. The Morgan fingerprint density at radius 1 is 1.15 bits per heavy atom. The van der Waals surface area contributed by atoms with E-state index in [1.807, 2.05) is 40.6 Å². The topological polar surface area (TPSA) is 44.5 Å². The molecular weight excluding hydrogens is 360 g/mol. The monoisotopic (exact) mass is 390 g/mol. The van der Waals surface area contributed by atoms with Crippen molar-refractivity contribution >= 4 is 12.2 Å². The molecule has 3 rings (SSSR count). The van der Waals surface area contributed by atoms with Crippen molar-refractivity contribution in [3.05, 3.63) is 34.9 Å². The molecule has 1 aromatic heterocycles. The van der Waals surface area contributed by atoms with Crippen LogP contribution in [0, 0.1) is 16.6 Å². The quantitative estimate of drug-likeness (QED) is 0.668. The summed E-state index contributed by atoms with van der Waals surface area (Å²) in [4.78, 5) is 2.41. The van der Waals surface area contributed by atoms with Crippen molar-refractivity contribution in [3.8, 4) is 11.5 Å². The van der Waals surface area contributed by atoms with Crippen molar-refractivity contribution < 1.29 is 9.47 Å². The zero-order valence-electron chi connectivity index (χ0n) is 16.9. The van der Waals surface area contributed by atoms with Crippen LogP contribution < -0.4 is 9.47 Å². The van der Waals surface area contributed by atoms with E-state index in [2.05, 4.69) is 32.6 Å². The van der Waals surface area contributed by atoms with E-state index in [1.165, 1.54) is 0 Å². The molecule has 0 N–H and O–H groups in total. The van der Waals surface area contributed by atoms with Crippen LogP contribution in [-0.4, -0.2) is 38.9 Å². The van der Waals surface area contributed by atoms with E-state index in [9.17, 15) is 0 Å². The standard InChI is InChI=1S/C20H30N4O2S/c1-14(2)10-23(11-15(3)4)13-24-20(27)22(5)19(21-24)18-12-25-16-8-6-7-9-17(16)26-18/h6-9,14-15,18H,10-13H2,1-5H3/t18-/m0/s1. The first-order valence-corrected chi connectivity index (χ1v) is 10.0. The van der Waals surface area contributed by atoms with E-state index in [-0.39, 0.29) is 6.10 Å². The highest BCUT2D eigenvalue weighted by Gasteiger charge is 2.27. The molecule has 148 valence electrons. The molecule has 1 atom stereocenters. The number of rotatable bonds is 7. The second-order valence-corrected chi connectivity index (χ2v) is 8.39. The Labute approximate surface area is 166 Å². The lowest BCUT2D eigenvalue weighted by Crippen LogP contribution is -2.33. The summed E-state index contributed by atoms with van der Waals surface area (Å²) in [5.41, 5.74) is 0. The van der Waals surface area contributed by atoms with Gasteiger partial charge in [-0.05, 0) is 36.2 Å². The van der Waals surface area contributed by atoms with Crippen molar-refractivity contribution in [1.82, 2.24) is 19.2 Å². The largest absolute Gasteiger partial charge is 0.485 e. The summed E-state index contributed by atoms with van der Waals surface area (Å²) >= 11 is 5.65. The van der Waals surface area contributed by atoms with Gasteiger partial charge in [-0.25, -0.2) is 4.68 Å². The first-order chi connectivity index (χ1) is 12.8. The van der Waals surface area contributed by atoms with Gasteiger partial charge in [0.1, 0.15) is 6.61 Å². The van der Waals surface area contributed by atoms with Crippen molar-refractivity contribution in [3.63, 3.8) is 0 Å². The molecular formula is C20H30N4O2S. The Morgan fingerprint density at radius 2 is 1.78 bits per heavy atom. The molecule has 27 heavy (non-hydrogen) atoms. The maximum absolute atomic E-state index is 6.12. The van der Waals surface area contributed by atoms with Crippen molar-refractivity contribution in [2.45, 2.75) is 40.5 Å². The zero-order chi connectivity index (χ0) is 19.6. The molecule has 0 amide bonds. The summed E-state index contributed by atoms with van der Waals surface area (Å²) in [6.45, 7) is 12.1. The van der Waals surface area contributed by atoms with Gasteiger partial charge in [-0.2, -0.15) is 5.10 Å². The third-order valence-corrected chi connectivity index (χ3v) is 4.94. The third kappa shape index (κ3) is 4.71. The van der Waals surface area contributed by atoms with E-state index in [0.29, 0.717) is 29.9 Å². The summed E-state index contributed by atoms with van der Waals surface area (Å²) in [6, 6.07) is 7.71. The van der Waals surface area contributed by atoms with Gasteiger partial charge < -0.3 is 14.0 Å². The maximum Gasteiger partial charge on any atom is 0.198 e. The molecule has 1 aromatic carbocycles. The average Bonchev–Trinajstić information content (AvgIpc) is 2.88. The minimum Gasteiger partial charge on any atom is -0.485 e. The molecule has 0 aliphatic carbocycles. The highest BCUT2D eigenvalue weighted by molar-refractivity contribution is 7.71. The number of hydrogen-bond donors (Lipinski definition) is 0. The SMILES string of the molecule is CC(C)CN(CC(C)C)Cn1nc([C@@H]2COc3ccccc3O2)n(C)c1=S. The summed E-state index contributed by atoms with van der Waals surface area (Å²) in [6.07, 6.45) is -0.267. The second kappa shape index (κ2) is 8.44. The van der Waals surface area contributed by atoms with Crippen LogP contribution in [0.15, 0.2) is 24.3 Å². The molecule has 0 bridgehead atoms. The summed E-state index contributed by atoms with van der Waals surface area (Å²) in [7, 11) is 1.94. The first-order valence-electron chi connectivity index (χ1n) is 9.59. The molecule has 0 saturated carbocycles. The van der Waals surface area contributed by atoms with Gasteiger partial charge in [0.15, 0.2) is 28.2 Å². The fourth-order valence-electron chi connectivity index (χ4n) is 3.44. The highest BCUT2D eigenvalue weighted by Crippen LogP contribution is 2.35. The zero-order valence-corrected chi connectivity index (χ0v) is 17.7. The Bertz CT molecular complexity index is 818. The summed E-state index contributed by atoms with van der Waals surface area (Å²) in [5.74, 6) is 3.49. The second-order valence-electron chi connectivity index (χ2n) is 8.03. The van der Waals surface area contributed by atoms with Crippen LogP contribution in [0.4, 0.5) is 0 Å². The number of hydrogen-bond acceptors (Lipinski definition) is 5. The molecule has 0 spiro atoms. The van der Waals surface area contributed by atoms with E-state index < -0.39 is 0 Å². The van der Waals surface area contributed by atoms with E-state index in [1.54, 1.807) is 0 Å². The Hall–Kier alpha value is -1.86. The Morgan fingerprint density at radius 3 is 2.41 bits per heavy atom. The van der Waals surface area contributed by atoms with Crippen LogP contribution in [0.1, 0.15) is 39.6 Å². The van der Waals surface area contributed by atoms with Crippen LogP contribution in [0.2, 0.25) is 0 Å². The summed E-state index contributed by atoms with van der Waals surface area (Å²) in [5, 5.41) is 4.79. The van der Waals surface area contributed by atoms with Gasteiger partial charge in [-0.3, -0.25) is 4.90 Å². The number of ether oxygens (including phenoxy) is 2. The molecule has 0 unspecified atom stereocenters. The fraction of sp³-hybridized carbons (Fsp3) is 0.600. The van der Waals surface area contributed by atoms with Crippen LogP contribution in [0.3, 0.4) is 0 Å². The van der Waals surface area contributed by atoms with Gasteiger partial charge in [0.2, 0.25) is 0 Å². The van der Waals surface area contributed by atoms with E-state index in [0.717, 1.165) is 30.4 Å². The highest BCUT2D eigenvalue weighted by atomic mass is 32.1. The molecule has 2 heterocycles. The van der Waals surface area contributed by atoms with Gasteiger partial charge >= 0.3 is 0 Å². The van der Waals surface area contributed by atoms with E-state index in [4.69, 9.17) is 26.8 Å². The Balaban J connectivity index is 1.80. The lowest BCUT2D eigenvalue weighted by molar-refractivity contribution is 0.0819. The van der Waals surface area contributed by atoms with Crippen LogP contribution >= 0.6 is 12.2 Å². The van der Waals surface area contributed by atoms with Crippen molar-refractivity contribution in [2.75, 3.05) is 19.7 Å². The molecule has 7 heteroatoms. The van der Waals surface area contributed by atoms with Gasteiger partial charge in [0.05, 0.1) is 6.67 Å². The van der Waals surface area contributed by atoms with Crippen molar-refractivity contribution in [2.24, 2.45) is 18.9 Å². The number of fused-ring (bicyclic) bond motifs is 1. The molecule has 0 saturated heterocycles. The normalized spacial score (nSPS) is 16.5. The van der Waals surface area contributed by atoms with Gasteiger partial charge in [0.25, 0.3) is 0 Å². The van der Waals surface area contributed by atoms with Gasteiger partial charge in [-0.15, -0.1) is 0 Å². The van der Waals surface area contributed by atoms with Crippen LogP contribution in [0.5, 0.6) is 11.5 Å². The van der Waals surface area contributed by atoms with Gasteiger partial charge in [0, 0.05) is 20.1 Å². The number of aromatic nitrogens is 3. The van der Waals surface area contributed by atoms with Gasteiger partial charge in [-0.1, -0.05) is 39.8 Å². The minimum absolute atomic E-state index is 0.267. The first kappa shape index (κ1) is 19.9. The smallest absolute Gasteiger partial charge is 0.198 e. The molecule has 2 aromatic rings. The summed E-state index contributed by atoms with van der Waals surface area (Å²) < 4.78 is 16.5. The molecule has 6 nitrogen and oxygen atoms in total. The fourth-order valence-corrected chi connectivity index (χ4v) is 3.63. The Kier molecular flexibility index (Phi) is 6.22. The molecule has 1 aliphatic rings. The van der Waals surface area contributed by atoms with Crippen molar-refractivity contribution in [1.29, 1.82) is 0 Å².